The highest BCUT2D eigenvalue weighted by atomic mass is 35.5. The van der Waals surface area contributed by atoms with E-state index < -0.39 is 11.8 Å². The van der Waals surface area contributed by atoms with Gasteiger partial charge in [-0.1, -0.05) is 41.9 Å². The Balaban J connectivity index is 1.38. The molecule has 0 bridgehead atoms. The lowest BCUT2D eigenvalue weighted by Crippen LogP contribution is -2.45. The maximum atomic E-state index is 12.5. The first kappa shape index (κ1) is 27.2. The zero-order chi connectivity index (χ0) is 27.1. The second-order valence-corrected chi connectivity index (χ2v) is 9.34. The van der Waals surface area contributed by atoms with E-state index in [-0.39, 0.29) is 35.2 Å². The van der Waals surface area contributed by atoms with Gasteiger partial charge in [0.1, 0.15) is 12.4 Å². The van der Waals surface area contributed by atoms with Crippen LogP contribution in [0.2, 0.25) is 5.02 Å². The van der Waals surface area contributed by atoms with Gasteiger partial charge in [0.05, 0.1) is 29.9 Å². The third kappa shape index (κ3) is 7.14. The standard InChI is InChI=1S/C26H30ClN5O6/c1-17(33)28-19-8-10-31(11-9-19)12-13-32-26(35)38-24(30-32)20-14-21(27)22(15-23(20)36-2)29-25(34)37-16-18-6-4-3-5-7-18/h3-7,14-15,19H,8-13,16H2,1-2H3,(H,28,33)(H,29,34). The van der Waals surface area contributed by atoms with Crippen LogP contribution in [0.1, 0.15) is 25.3 Å². The molecule has 2 N–H and O–H groups in total. The van der Waals surface area contributed by atoms with Gasteiger partial charge in [0.2, 0.25) is 5.91 Å². The number of halogens is 1. The molecule has 1 aromatic heterocycles. The van der Waals surface area contributed by atoms with Crippen molar-refractivity contribution >= 4 is 29.3 Å². The summed E-state index contributed by atoms with van der Waals surface area (Å²) in [6.07, 6.45) is 1.03. The Morgan fingerprint density at radius 1 is 1.16 bits per heavy atom. The predicted molar refractivity (Wildman–Crippen MR) is 141 cm³/mol. The predicted octanol–water partition coefficient (Wildman–Crippen LogP) is 3.51. The van der Waals surface area contributed by atoms with Gasteiger partial charge >= 0.3 is 11.8 Å². The molecule has 4 rings (SSSR count). The summed E-state index contributed by atoms with van der Waals surface area (Å²) >= 11 is 6.41. The van der Waals surface area contributed by atoms with Gasteiger partial charge in [0.15, 0.2) is 0 Å². The van der Waals surface area contributed by atoms with Crippen molar-refractivity contribution in [1.82, 2.24) is 20.0 Å². The Morgan fingerprint density at radius 3 is 2.58 bits per heavy atom. The lowest BCUT2D eigenvalue weighted by molar-refractivity contribution is -0.119. The van der Waals surface area contributed by atoms with Gasteiger partial charge in [-0.25, -0.2) is 9.59 Å². The number of aromatic nitrogens is 2. The van der Waals surface area contributed by atoms with Crippen molar-refractivity contribution in [2.24, 2.45) is 0 Å². The monoisotopic (exact) mass is 543 g/mol. The average Bonchev–Trinajstić information content (AvgIpc) is 3.28. The number of likely N-dealkylation sites (tertiary alicyclic amines) is 1. The summed E-state index contributed by atoms with van der Waals surface area (Å²) in [5.41, 5.74) is 1.49. The van der Waals surface area contributed by atoms with Crippen LogP contribution in [0.15, 0.2) is 51.7 Å². The molecule has 2 heterocycles. The van der Waals surface area contributed by atoms with Crippen LogP contribution < -0.4 is 21.1 Å². The van der Waals surface area contributed by atoms with Crippen molar-refractivity contribution in [3.8, 4) is 17.2 Å². The molecule has 1 aliphatic rings. The topological polar surface area (TPSA) is 128 Å². The van der Waals surface area contributed by atoms with Crippen LogP contribution in [0, 0.1) is 0 Å². The van der Waals surface area contributed by atoms with Crippen molar-refractivity contribution in [3.05, 3.63) is 63.6 Å². The average molecular weight is 544 g/mol. The molecule has 3 aromatic rings. The van der Waals surface area contributed by atoms with E-state index >= 15 is 0 Å². The smallest absolute Gasteiger partial charge is 0.437 e. The van der Waals surface area contributed by atoms with E-state index in [1.54, 1.807) is 0 Å². The van der Waals surface area contributed by atoms with E-state index in [0.717, 1.165) is 31.5 Å². The Labute approximate surface area is 224 Å². The lowest BCUT2D eigenvalue weighted by Gasteiger charge is -2.31. The van der Waals surface area contributed by atoms with Crippen LogP contribution in [0.4, 0.5) is 10.5 Å². The molecule has 0 saturated carbocycles. The second-order valence-electron chi connectivity index (χ2n) is 8.93. The van der Waals surface area contributed by atoms with Crippen LogP contribution in [-0.2, 0) is 22.7 Å². The van der Waals surface area contributed by atoms with Crippen molar-refractivity contribution in [2.75, 3.05) is 32.1 Å². The van der Waals surface area contributed by atoms with E-state index in [1.807, 2.05) is 30.3 Å². The van der Waals surface area contributed by atoms with E-state index in [1.165, 1.54) is 30.8 Å². The number of piperidine rings is 1. The summed E-state index contributed by atoms with van der Waals surface area (Å²) in [4.78, 5) is 38.2. The lowest BCUT2D eigenvalue weighted by atomic mass is 10.1. The molecule has 1 fully saturated rings. The van der Waals surface area contributed by atoms with Crippen LogP contribution in [0.3, 0.4) is 0 Å². The van der Waals surface area contributed by atoms with Gasteiger partial charge in [0, 0.05) is 38.7 Å². The molecule has 0 spiro atoms. The summed E-state index contributed by atoms with van der Waals surface area (Å²) in [6, 6.07) is 12.5. The van der Waals surface area contributed by atoms with Gasteiger partial charge in [-0.05, 0) is 24.5 Å². The molecule has 202 valence electrons. The number of benzene rings is 2. The molecule has 0 atom stereocenters. The van der Waals surface area contributed by atoms with Crippen molar-refractivity contribution < 1.29 is 23.5 Å². The number of hydrogen-bond acceptors (Lipinski definition) is 8. The van der Waals surface area contributed by atoms with Gasteiger partial charge in [-0.15, -0.1) is 5.10 Å². The zero-order valence-corrected chi connectivity index (χ0v) is 22.0. The first-order valence-corrected chi connectivity index (χ1v) is 12.6. The molecule has 0 aliphatic carbocycles. The van der Waals surface area contributed by atoms with Gasteiger partial charge in [-0.3, -0.25) is 10.1 Å². The minimum atomic E-state index is -0.678. The molecular formula is C26H30ClN5O6. The first-order chi connectivity index (χ1) is 18.3. The highest BCUT2D eigenvalue weighted by Crippen LogP contribution is 2.36. The van der Waals surface area contributed by atoms with Crippen LogP contribution >= 0.6 is 11.6 Å². The Bertz CT molecular complexity index is 1320. The molecular weight excluding hydrogens is 514 g/mol. The van der Waals surface area contributed by atoms with Crippen molar-refractivity contribution in [1.29, 1.82) is 0 Å². The molecule has 2 amide bonds. The summed E-state index contributed by atoms with van der Waals surface area (Å²) in [5, 5.41) is 10.1. The SMILES string of the molecule is COc1cc(NC(=O)OCc2ccccc2)c(Cl)cc1-c1nn(CCN2CCC(NC(C)=O)CC2)c(=O)o1. The minimum Gasteiger partial charge on any atom is -0.496 e. The third-order valence-electron chi connectivity index (χ3n) is 6.20. The second kappa shape index (κ2) is 12.6. The molecule has 2 aromatic carbocycles. The number of nitrogens with one attached hydrogen (secondary N) is 2. The number of carbonyl (C=O) groups excluding carboxylic acids is 2. The van der Waals surface area contributed by atoms with E-state index in [9.17, 15) is 14.4 Å². The summed E-state index contributed by atoms with van der Waals surface area (Å²) in [6.45, 7) is 4.22. The van der Waals surface area contributed by atoms with Crippen LogP contribution in [0.25, 0.3) is 11.5 Å². The summed E-state index contributed by atoms with van der Waals surface area (Å²) < 4.78 is 17.3. The third-order valence-corrected chi connectivity index (χ3v) is 6.51. The molecule has 11 nitrogen and oxygen atoms in total. The fraction of sp³-hybridized carbons (Fsp3) is 0.385. The number of amides is 2. The molecule has 0 unspecified atom stereocenters. The molecule has 1 saturated heterocycles. The van der Waals surface area contributed by atoms with Crippen molar-refractivity contribution in [3.63, 3.8) is 0 Å². The number of nitrogens with zero attached hydrogens (tertiary/aromatic N) is 3. The van der Waals surface area contributed by atoms with E-state index in [0.29, 0.717) is 24.4 Å². The number of methoxy groups -OCH3 is 1. The Morgan fingerprint density at radius 2 is 1.89 bits per heavy atom. The fourth-order valence-corrected chi connectivity index (χ4v) is 4.45. The highest BCUT2D eigenvalue weighted by molar-refractivity contribution is 6.34. The number of carbonyl (C=O) groups is 2. The van der Waals surface area contributed by atoms with Crippen LogP contribution in [0.5, 0.6) is 5.75 Å². The van der Waals surface area contributed by atoms with Crippen LogP contribution in [-0.4, -0.2) is 59.5 Å². The molecule has 38 heavy (non-hydrogen) atoms. The number of ether oxygens (including phenoxy) is 2. The molecule has 1 aliphatic heterocycles. The normalized spacial score (nSPS) is 14.2. The Hall–Kier alpha value is -3.83. The van der Waals surface area contributed by atoms with E-state index in [2.05, 4.69) is 20.6 Å². The Kier molecular flexibility index (Phi) is 9.03. The number of hydrogen-bond donors (Lipinski definition) is 2. The van der Waals surface area contributed by atoms with Gasteiger partial charge < -0.3 is 24.1 Å². The first-order valence-electron chi connectivity index (χ1n) is 12.3. The largest absolute Gasteiger partial charge is 0.496 e. The molecule has 12 heteroatoms. The van der Waals surface area contributed by atoms with E-state index in [4.69, 9.17) is 25.5 Å². The number of anilines is 1. The van der Waals surface area contributed by atoms with Gasteiger partial charge in [0.25, 0.3) is 5.89 Å². The summed E-state index contributed by atoms with van der Waals surface area (Å²) in [7, 11) is 1.45. The molecule has 0 radical (unpaired) electrons. The quantitative estimate of drug-likeness (QED) is 0.419. The highest BCUT2D eigenvalue weighted by Gasteiger charge is 2.22. The maximum absolute atomic E-state index is 12.5. The van der Waals surface area contributed by atoms with Gasteiger partial charge in [-0.2, -0.15) is 4.68 Å². The fourth-order valence-electron chi connectivity index (χ4n) is 4.24. The zero-order valence-electron chi connectivity index (χ0n) is 21.2. The number of rotatable bonds is 9. The van der Waals surface area contributed by atoms with Crippen molar-refractivity contribution in [2.45, 2.75) is 39.0 Å². The minimum absolute atomic E-state index is 0.0209. The maximum Gasteiger partial charge on any atom is 0.437 e. The summed E-state index contributed by atoms with van der Waals surface area (Å²) in [5.74, 6) is -0.261.